The summed E-state index contributed by atoms with van der Waals surface area (Å²) in [5.41, 5.74) is 1.41. The van der Waals surface area contributed by atoms with E-state index in [-0.39, 0.29) is 22.2 Å². The molecule has 156 valence electrons. The minimum absolute atomic E-state index is 0.0887. The first kappa shape index (κ1) is 20.3. The van der Waals surface area contributed by atoms with Gasteiger partial charge in [0.1, 0.15) is 5.75 Å². The smallest absolute Gasteiger partial charge is 0.307 e. The Bertz CT molecular complexity index is 1370. The van der Waals surface area contributed by atoms with Crippen molar-refractivity contribution in [2.24, 2.45) is 7.05 Å². The van der Waals surface area contributed by atoms with Gasteiger partial charge in [0, 0.05) is 19.7 Å². The Morgan fingerprint density at radius 1 is 1.20 bits per heavy atom. The normalized spacial score (nSPS) is 12.0. The van der Waals surface area contributed by atoms with Crippen LogP contribution in [0.5, 0.6) is 5.75 Å². The third-order valence-electron chi connectivity index (χ3n) is 4.65. The molecule has 2 aromatic heterocycles. The number of benzene rings is 2. The lowest BCUT2D eigenvalue weighted by Crippen LogP contribution is -2.26. The second-order valence-corrected chi connectivity index (χ2v) is 9.60. The molecule has 0 N–H and O–H groups in total. The summed E-state index contributed by atoms with van der Waals surface area (Å²) in [6.45, 7) is -0.0887. The third-order valence-corrected chi connectivity index (χ3v) is 7.44. The summed E-state index contributed by atoms with van der Waals surface area (Å²) in [6.07, 6.45) is 0. The summed E-state index contributed by atoms with van der Waals surface area (Å²) >= 11 is 1.00. The Balaban J connectivity index is 1.56. The summed E-state index contributed by atoms with van der Waals surface area (Å²) in [4.78, 5) is 16.0. The zero-order valence-electron chi connectivity index (χ0n) is 16.4. The third kappa shape index (κ3) is 3.62. The molecule has 0 radical (unpaired) electrons. The molecule has 4 aromatic rings. The van der Waals surface area contributed by atoms with Crippen molar-refractivity contribution in [3.8, 4) is 17.1 Å². The SMILES string of the molecule is COc1ccc(-c2noc(CN(C)S(=O)(=O)c3ccc4c(c3)sc(=O)n4C)n2)cc1. The molecule has 30 heavy (non-hydrogen) atoms. The lowest BCUT2D eigenvalue weighted by atomic mass is 10.2. The molecular formula is C19H18N4O5S2. The standard InChI is InChI=1S/C19H18N4O5S2/c1-22(11-17-20-18(21-28-17)12-4-6-13(27-3)7-5-12)30(25,26)14-8-9-15-16(10-14)29-19(24)23(15)2/h4-10H,11H2,1-3H3. The molecule has 2 aromatic carbocycles. The van der Waals surface area contributed by atoms with Crippen molar-refractivity contribution in [2.45, 2.75) is 11.4 Å². The highest BCUT2D eigenvalue weighted by Gasteiger charge is 2.24. The fourth-order valence-electron chi connectivity index (χ4n) is 2.91. The van der Waals surface area contributed by atoms with E-state index in [0.717, 1.165) is 21.2 Å². The van der Waals surface area contributed by atoms with Crippen molar-refractivity contribution in [2.75, 3.05) is 14.2 Å². The second-order valence-electron chi connectivity index (χ2n) is 6.56. The lowest BCUT2D eigenvalue weighted by molar-refractivity contribution is 0.337. The lowest BCUT2D eigenvalue weighted by Gasteiger charge is -2.15. The molecule has 11 heteroatoms. The predicted molar refractivity (Wildman–Crippen MR) is 112 cm³/mol. The van der Waals surface area contributed by atoms with E-state index in [1.807, 2.05) is 0 Å². The fourth-order valence-corrected chi connectivity index (χ4v) is 5.05. The van der Waals surface area contributed by atoms with E-state index in [9.17, 15) is 13.2 Å². The number of thiazole rings is 1. The van der Waals surface area contributed by atoms with Crippen LogP contribution >= 0.6 is 11.3 Å². The molecule has 0 aliphatic rings. The molecule has 9 nitrogen and oxygen atoms in total. The van der Waals surface area contributed by atoms with Crippen molar-refractivity contribution in [1.29, 1.82) is 0 Å². The van der Waals surface area contributed by atoms with Crippen LogP contribution in [0.1, 0.15) is 5.89 Å². The molecule has 0 fully saturated rings. The number of ether oxygens (including phenoxy) is 1. The molecule has 4 rings (SSSR count). The zero-order chi connectivity index (χ0) is 21.5. The number of hydrogen-bond acceptors (Lipinski definition) is 8. The van der Waals surface area contributed by atoms with Gasteiger partial charge in [0.2, 0.25) is 21.7 Å². The maximum absolute atomic E-state index is 13.0. The first-order valence-electron chi connectivity index (χ1n) is 8.82. The van der Waals surface area contributed by atoms with Gasteiger partial charge in [-0.25, -0.2) is 8.42 Å². The summed E-state index contributed by atoms with van der Waals surface area (Å²) in [7, 11) is 0.850. The van der Waals surface area contributed by atoms with Gasteiger partial charge in [0.05, 0.1) is 28.8 Å². The van der Waals surface area contributed by atoms with Crippen molar-refractivity contribution >= 4 is 31.6 Å². The van der Waals surface area contributed by atoms with E-state index in [1.165, 1.54) is 23.7 Å². The molecule has 0 saturated carbocycles. The summed E-state index contributed by atoms with van der Waals surface area (Å²) in [6, 6.07) is 11.7. The van der Waals surface area contributed by atoms with E-state index < -0.39 is 10.0 Å². The summed E-state index contributed by atoms with van der Waals surface area (Å²) in [5, 5.41) is 3.92. The van der Waals surface area contributed by atoms with Crippen LogP contribution in [0.2, 0.25) is 0 Å². The second kappa shape index (κ2) is 7.67. The first-order chi connectivity index (χ1) is 14.3. The Hall–Kier alpha value is -3.02. The number of rotatable bonds is 6. The Morgan fingerprint density at radius 2 is 1.93 bits per heavy atom. The van der Waals surface area contributed by atoms with Crippen molar-refractivity contribution in [1.82, 2.24) is 19.0 Å². The van der Waals surface area contributed by atoms with Gasteiger partial charge in [0.25, 0.3) is 0 Å². The van der Waals surface area contributed by atoms with Crippen LogP contribution < -0.4 is 9.61 Å². The van der Waals surface area contributed by atoms with Crippen LogP contribution in [-0.4, -0.2) is 41.6 Å². The molecule has 0 saturated heterocycles. The molecule has 0 spiro atoms. The minimum atomic E-state index is -3.81. The van der Waals surface area contributed by atoms with Crippen molar-refractivity contribution in [3.05, 3.63) is 58.0 Å². The number of aromatic nitrogens is 3. The summed E-state index contributed by atoms with van der Waals surface area (Å²) in [5.74, 6) is 1.22. The predicted octanol–water partition coefficient (Wildman–Crippen LogP) is 2.48. The maximum atomic E-state index is 13.0. The van der Waals surface area contributed by atoms with E-state index >= 15 is 0 Å². The van der Waals surface area contributed by atoms with E-state index in [0.29, 0.717) is 21.8 Å². The topological polar surface area (TPSA) is 108 Å². The molecule has 2 heterocycles. The van der Waals surface area contributed by atoms with Gasteiger partial charge < -0.3 is 13.8 Å². The van der Waals surface area contributed by atoms with Gasteiger partial charge in [-0.15, -0.1) is 0 Å². The van der Waals surface area contributed by atoms with Gasteiger partial charge in [-0.05, 0) is 42.5 Å². The number of hydrogen-bond donors (Lipinski definition) is 0. The van der Waals surface area contributed by atoms with E-state index in [4.69, 9.17) is 9.26 Å². The molecule has 0 unspecified atom stereocenters. The Morgan fingerprint density at radius 3 is 2.63 bits per heavy atom. The molecule has 0 aliphatic carbocycles. The van der Waals surface area contributed by atoms with Crippen molar-refractivity contribution in [3.63, 3.8) is 0 Å². The highest BCUT2D eigenvalue weighted by Crippen LogP contribution is 2.24. The number of aryl methyl sites for hydroxylation is 1. The average Bonchev–Trinajstić information content (AvgIpc) is 3.32. The first-order valence-corrected chi connectivity index (χ1v) is 11.1. The Labute approximate surface area is 176 Å². The summed E-state index contributed by atoms with van der Waals surface area (Å²) < 4.78 is 39.5. The van der Waals surface area contributed by atoms with Crippen molar-refractivity contribution < 1.29 is 17.7 Å². The highest BCUT2D eigenvalue weighted by atomic mass is 32.2. The molecule has 0 bridgehead atoms. The number of methoxy groups -OCH3 is 1. The zero-order valence-corrected chi connectivity index (χ0v) is 18.0. The monoisotopic (exact) mass is 446 g/mol. The number of fused-ring (bicyclic) bond motifs is 1. The molecule has 0 amide bonds. The van der Waals surface area contributed by atoms with Crippen LogP contribution in [0, 0.1) is 0 Å². The molecule has 0 aliphatic heterocycles. The molecule has 0 atom stereocenters. The highest BCUT2D eigenvalue weighted by molar-refractivity contribution is 7.89. The van der Waals surface area contributed by atoms with Gasteiger partial charge >= 0.3 is 4.87 Å². The molecular weight excluding hydrogens is 428 g/mol. The van der Waals surface area contributed by atoms with Gasteiger partial charge in [-0.1, -0.05) is 16.5 Å². The quantitative estimate of drug-likeness (QED) is 0.448. The minimum Gasteiger partial charge on any atom is -0.497 e. The average molecular weight is 447 g/mol. The Kier molecular flexibility index (Phi) is 5.18. The van der Waals surface area contributed by atoms with E-state index in [1.54, 1.807) is 44.5 Å². The van der Waals surface area contributed by atoms with E-state index in [2.05, 4.69) is 10.1 Å². The van der Waals surface area contributed by atoms with Gasteiger partial charge in [-0.3, -0.25) is 4.79 Å². The van der Waals surface area contributed by atoms with Crippen LogP contribution in [0.3, 0.4) is 0 Å². The number of sulfonamides is 1. The fraction of sp³-hybridized carbons (Fsp3) is 0.211. The van der Waals surface area contributed by atoms with Crippen LogP contribution in [0.4, 0.5) is 0 Å². The van der Waals surface area contributed by atoms with Gasteiger partial charge in [0.15, 0.2) is 0 Å². The maximum Gasteiger partial charge on any atom is 0.307 e. The largest absolute Gasteiger partial charge is 0.497 e. The van der Waals surface area contributed by atoms with Crippen LogP contribution in [0.15, 0.2) is 56.7 Å². The van der Waals surface area contributed by atoms with Gasteiger partial charge in [-0.2, -0.15) is 9.29 Å². The number of nitrogens with zero attached hydrogens (tertiary/aromatic N) is 4. The van der Waals surface area contributed by atoms with Crippen LogP contribution in [0.25, 0.3) is 21.6 Å². The van der Waals surface area contributed by atoms with Crippen LogP contribution in [-0.2, 0) is 23.6 Å².